The second-order valence-electron chi connectivity index (χ2n) is 10.1. The Kier molecular flexibility index (Phi) is 9.24. The van der Waals surface area contributed by atoms with E-state index in [0.29, 0.717) is 44.6 Å². The quantitative estimate of drug-likeness (QED) is 0.327. The van der Waals surface area contributed by atoms with Gasteiger partial charge in [0.1, 0.15) is 5.82 Å². The lowest BCUT2D eigenvalue weighted by Crippen LogP contribution is -2.53. The van der Waals surface area contributed by atoms with Crippen molar-refractivity contribution >= 4 is 23.9 Å². The molecule has 1 atom stereocenters. The average Bonchev–Trinajstić information content (AvgIpc) is 3.76. The normalized spacial score (nSPS) is 18.2. The van der Waals surface area contributed by atoms with Gasteiger partial charge >= 0.3 is 12.1 Å². The van der Waals surface area contributed by atoms with Crippen molar-refractivity contribution < 1.29 is 37.1 Å². The number of nitrogens with one attached hydrogen (secondary N) is 1. The Hall–Kier alpha value is -3.73. The van der Waals surface area contributed by atoms with Crippen molar-refractivity contribution in [1.82, 2.24) is 15.1 Å². The molecule has 2 N–H and O–H groups in total. The summed E-state index contributed by atoms with van der Waals surface area (Å²) in [6.45, 7) is 1.75. The number of carbonyl (C=O) groups is 3. The number of nitrogens with zero attached hydrogens (tertiary/aromatic N) is 2. The number of piperazine rings is 1. The van der Waals surface area contributed by atoms with E-state index in [1.807, 2.05) is 12.1 Å². The highest BCUT2D eigenvalue weighted by molar-refractivity contribution is 5.94. The van der Waals surface area contributed by atoms with Gasteiger partial charge in [-0.1, -0.05) is 30.3 Å². The van der Waals surface area contributed by atoms with Crippen LogP contribution in [0.4, 0.5) is 17.6 Å². The molecular formula is C29H31F4N3O4. The number of alkyl halides is 3. The van der Waals surface area contributed by atoms with Crippen molar-refractivity contribution in [3.8, 4) is 0 Å². The zero-order valence-electron chi connectivity index (χ0n) is 21.8. The van der Waals surface area contributed by atoms with Crippen LogP contribution in [0.3, 0.4) is 0 Å². The van der Waals surface area contributed by atoms with Gasteiger partial charge in [-0.15, -0.1) is 0 Å². The van der Waals surface area contributed by atoms with Gasteiger partial charge in [-0.3, -0.25) is 19.3 Å². The minimum Gasteiger partial charge on any atom is -0.481 e. The summed E-state index contributed by atoms with van der Waals surface area (Å²) >= 11 is 0. The standard InChI is InChI=1S/C29H31F4N3O4/c30-24-16-23(29(31,32)33)11-9-21(24)10-12-26(37)34-17-27(38)36-15-14-35(13-1-2-28(39)40)18-25(36)22-7-5-20(6-8-22)19-3-4-19/h5-12,16,19,25H,1-4,13-15,17-18H2,(H,34,37)(H,39,40)/b12-10+/t25-/m1/s1. The van der Waals surface area contributed by atoms with Crippen LogP contribution in [-0.2, 0) is 20.6 Å². The van der Waals surface area contributed by atoms with E-state index in [4.69, 9.17) is 5.11 Å². The Morgan fingerprint density at radius 2 is 1.73 bits per heavy atom. The molecular weight excluding hydrogens is 530 g/mol. The summed E-state index contributed by atoms with van der Waals surface area (Å²) < 4.78 is 52.2. The Morgan fingerprint density at radius 1 is 1.02 bits per heavy atom. The molecule has 40 heavy (non-hydrogen) atoms. The largest absolute Gasteiger partial charge is 0.481 e. The van der Waals surface area contributed by atoms with Gasteiger partial charge in [0.25, 0.3) is 0 Å². The van der Waals surface area contributed by atoms with Crippen LogP contribution < -0.4 is 5.32 Å². The molecule has 1 aliphatic carbocycles. The minimum atomic E-state index is -4.68. The molecule has 2 aliphatic rings. The van der Waals surface area contributed by atoms with Crippen LogP contribution in [0, 0.1) is 5.82 Å². The number of aliphatic carboxylic acids is 1. The van der Waals surface area contributed by atoms with Gasteiger partial charge in [-0.25, -0.2) is 4.39 Å². The molecule has 214 valence electrons. The molecule has 11 heteroatoms. The molecule has 1 heterocycles. The Morgan fingerprint density at radius 3 is 2.35 bits per heavy atom. The lowest BCUT2D eigenvalue weighted by Gasteiger charge is -2.42. The van der Waals surface area contributed by atoms with E-state index >= 15 is 0 Å². The van der Waals surface area contributed by atoms with Crippen LogP contribution >= 0.6 is 0 Å². The summed E-state index contributed by atoms with van der Waals surface area (Å²) in [6, 6.07) is 9.91. The first-order valence-corrected chi connectivity index (χ1v) is 13.2. The molecule has 0 unspecified atom stereocenters. The van der Waals surface area contributed by atoms with Crippen LogP contribution in [0.15, 0.2) is 48.5 Å². The number of rotatable bonds is 10. The smallest absolute Gasteiger partial charge is 0.416 e. The fraction of sp³-hybridized carbons (Fsp3) is 0.414. The third-order valence-corrected chi connectivity index (χ3v) is 7.18. The van der Waals surface area contributed by atoms with Crippen molar-refractivity contribution in [3.05, 3.63) is 76.6 Å². The number of halogens is 4. The van der Waals surface area contributed by atoms with Gasteiger partial charge in [0.2, 0.25) is 11.8 Å². The van der Waals surface area contributed by atoms with Crippen molar-refractivity contribution in [3.63, 3.8) is 0 Å². The maximum atomic E-state index is 14.0. The second-order valence-corrected chi connectivity index (χ2v) is 10.1. The summed E-state index contributed by atoms with van der Waals surface area (Å²) in [5.74, 6) is -2.39. The van der Waals surface area contributed by atoms with Gasteiger partial charge in [-0.05, 0) is 61.1 Å². The molecule has 2 fully saturated rings. The van der Waals surface area contributed by atoms with Gasteiger partial charge in [0, 0.05) is 37.7 Å². The number of amides is 2. The van der Waals surface area contributed by atoms with Gasteiger partial charge < -0.3 is 15.3 Å². The maximum absolute atomic E-state index is 14.0. The Labute approximate surface area is 229 Å². The monoisotopic (exact) mass is 561 g/mol. The number of hydrogen-bond acceptors (Lipinski definition) is 4. The summed E-state index contributed by atoms with van der Waals surface area (Å²) in [5, 5.41) is 11.4. The molecule has 0 spiro atoms. The summed E-state index contributed by atoms with van der Waals surface area (Å²) in [6.07, 6.45) is 0.244. The van der Waals surface area contributed by atoms with Crippen LogP contribution in [0.2, 0.25) is 0 Å². The number of hydrogen-bond donors (Lipinski definition) is 2. The van der Waals surface area contributed by atoms with E-state index in [0.717, 1.165) is 29.8 Å². The van der Waals surface area contributed by atoms with E-state index < -0.39 is 29.4 Å². The van der Waals surface area contributed by atoms with Crippen LogP contribution in [0.25, 0.3) is 6.08 Å². The van der Waals surface area contributed by atoms with E-state index in [9.17, 15) is 31.9 Å². The molecule has 2 aromatic carbocycles. The highest BCUT2D eigenvalue weighted by atomic mass is 19.4. The molecule has 0 aromatic heterocycles. The summed E-state index contributed by atoms with van der Waals surface area (Å²) in [7, 11) is 0. The number of carboxylic acids is 1. The SMILES string of the molecule is O=C(O)CCCN1CCN(C(=O)CNC(=O)/C=C/c2ccc(C(F)(F)F)cc2F)[C@@H](c2ccc(C3CC3)cc2)C1. The maximum Gasteiger partial charge on any atom is 0.416 e. The highest BCUT2D eigenvalue weighted by Gasteiger charge is 2.33. The van der Waals surface area contributed by atoms with Gasteiger partial charge in [-0.2, -0.15) is 13.2 Å². The first kappa shape index (κ1) is 29.3. The fourth-order valence-corrected chi connectivity index (χ4v) is 4.81. The van der Waals surface area contributed by atoms with Gasteiger partial charge in [0.15, 0.2) is 0 Å². The lowest BCUT2D eigenvalue weighted by atomic mass is 9.99. The molecule has 0 radical (unpaired) electrons. The molecule has 2 aromatic rings. The molecule has 0 bridgehead atoms. The van der Waals surface area contributed by atoms with Crippen LogP contribution in [-0.4, -0.2) is 65.4 Å². The van der Waals surface area contributed by atoms with Crippen LogP contribution in [0.5, 0.6) is 0 Å². The molecule has 4 rings (SSSR count). The average molecular weight is 562 g/mol. The molecule has 7 nitrogen and oxygen atoms in total. The van der Waals surface area contributed by atoms with Crippen molar-refractivity contribution in [2.24, 2.45) is 0 Å². The third-order valence-electron chi connectivity index (χ3n) is 7.18. The first-order chi connectivity index (χ1) is 19.0. The third kappa shape index (κ3) is 7.91. The fourth-order valence-electron chi connectivity index (χ4n) is 4.81. The first-order valence-electron chi connectivity index (χ1n) is 13.2. The van der Waals surface area contributed by atoms with Crippen molar-refractivity contribution in [1.29, 1.82) is 0 Å². The summed E-state index contributed by atoms with van der Waals surface area (Å²) in [4.78, 5) is 40.2. The number of carbonyl (C=O) groups excluding carboxylic acids is 2. The van der Waals surface area contributed by atoms with E-state index in [1.165, 1.54) is 18.4 Å². The number of benzene rings is 2. The van der Waals surface area contributed by atoms with E-state index in [2.05, 4.69) is 22.3 Å². The van der Waals surface area contributed by atoms with Crippen molar-refractivity contribution in [2.45, 2.75) is 43.8 Å². The predicted octanol–water partition coefficient (Wildman–Crippen LogP) is 4.60. The Balaban J connectivity index is 1.38. The molecule has 1 saturated carbocycles. The molecule has 1 saturated heterocycles. The Bertz CT molecular complexity index is 1260. The molecule has 1 aliphatic heterocycles. The zero-order chi connectivity index (χ0) is 28.9. The minimum absolute atomic E-state index is 0.0653. The van der Waals surface area contributed by atoms with Gasteiger partial charge in [0.05, 0.1) is 18.2 Å². The van der Waals surface area contributed by atoms with Crippen molar-refractivity contribution in [2.75, 3.05) is 32.7 Å². The predicted molar refractivity (Wildman–Crippen MR) is 140 cm³/mol. The second kappa shape index (κ2) is 12.6. The lowest BCUT2D eigenvalue weighted by molar-refractivity contribution is -0.138. The highest BCUT2D eigenvalue weighted by Crippen LogP contribution is 2.40. The topological polar surface area (TPSA) is 89.9 Å². The van der Waals surface area contributed by atoms with Crippen LogP contribution in [0.1, 0.15) is 59.9 Å². The summed E-state index contributed by atoms with van der Waals surface area (Å²) in [5.41, 5.74) is 0.892. The zero-order valence-corrected chi connectivity index (χ0v) is 21.8. The van der Waals surface area contributed by atoms with E-state index in [1.54, 1.807) is 4.90 Å². The molecule has 2 amide bonds. The number of carboxylic acid groups (broad SMARTS) is 1. The van der Waals surface area contributed by atoms with E-state index in [-0.39, 0.29) is 30.5 Å².